The van der Waals surface area contributed by atoms with Gasteiger partial charge in [0.05, 0.1) is 5.69 Å². The summed E-state index contributed by atoms with van der Waals surface area (Å²) >= 11 is 1.15. The van der Waals surface area contributed by atoms with Gasteiger partial charge < -0.3 is 15.2 Å². The Bertz CT molecular complexity index is 774. The molecule has 2 N–H and O–H groups in total. The van der Waals surface area contributed by atoms with Gasteiger partial charge in [0.1, 0.15) is 34.1 Å². The lowest BCUT2D eigenvalue weighted by Crippen LogP contribution is -2.41. The lowest BCUT2D eigenvalue weighted by molar-refractivity contribution is -0.139. The van der Waals surface area contributed by atoms with E-state index >= 15 is 0 Å². The first-order valence-corrected chi connectivity index (χ1v) is 8.96. The lowest BCUT2D eigenvalue weighted by Gasteiger charge is -2.15. The number of thiazole rings is 1. The number of rotatable bonds is 8. The monoisotopic (exact) mass is 380 g/mol. The van der Waals surface area contributed by atoms with E-state index in [1.165, 1.54) is 24.3 Å². The molecule has 0 radical (unpaired) electrons. The van der Waals surface area contributed by atoms with Gasteiger partial charge in [-0.15, -0.1) is 11.3 Å². The molecule has 0 spiro atoms. The quantitative estimate of drug-likeness (QED) is 0.733. The highest BCUT2D eigenvalue weighted by molar-refractivity contribution is 7.13. The van der Waals surface area contributed by atoms with Crippen molar-refractivity contribution in [1.82, 2.24) is 10.3 Å². The van der Waals surface area contributed by atoms with Gasteiger partial charge in [0.15, 0.2) is 0 Å². The van der Waals surface area contributed by atoms with Crippen molar-refractivity contribution in [2.24, 2.45) is 5.92 Å². The molecule has 140 valence electrons. The molecule has 1 aromatic heterocycles. The second-order valence-electron chi connectivity index (χ2n) is 6.26. The first kappa shape index (κ1) is 19.8. The van der Waals surface area contributed by atoms with Crippen molar-refractivity contribution in [3.05, 3.63) is 45.7 Å². The Morgan fingerprint density at radius 1 is 1.31 bits per heavy atom. The molecule has 1 heterocycles. The first-order valence-electron chi connectivity index (χ1n) is 8.14. The van der Waals surface area contributed by atoms with E-state index in [0.717, 1.165) is 11.3 Å². The SMILES string of the molecule is Cc1nc(COc2ccc(F)cc2)sc1C(=O)N[C@@H](CC(C)C)C(=O)O. The molecule has 0 bridgehead atoms. The zero-order valence-corrected chi connectivity index (χ0v) is 15.6. The summed E-state index contributed by atoms with van der Waals surface area (Å²) in [6, 6.07) is 4.66. The van der Waals surface area contributed by atoms with Gasteiger partial charge in [0.2, 0.25) is 0 Å². The van der Waals surface area contributed by atoms with Gasteiger partial charge in [-0.2, -0.15) is 0 Å². The number of hydrogen-bond acceptors (Lipinski definition) is 5. The third-order valence-electron chi connectivity index (χ3n) is 3.53. The molecule has 2 aromatic rings. The van der Waals surface area contributed by atoms with Crippen LogP contribution in [0.15, 0.2) is 24.3 Å². The van der Waals surface area contributed by atoms with Gasteiger partial charge >= 0.3 is 5.97 Å². The number of carbonyl (C=O) groups excluding carboxylic acids is 1. The van der Waals surface area contributed by atoms with E-state index in [-0.39, 0.29) is 18.3 Å². The third kappa shape index (κ3) is 5.52. The molecule has 0 unspecified atom stereocenters. The van der Waals surface area contributed by atoms with Crippen molar-refractivity contribution in [3.63, 3.8) is 0 Å². The normalized spacial score (nSPS) is 12.0. The number of carboxylic acids is 1. The van der Waals surface area contributed by atoms with E-state index in [4.69, 9.17) is 4.74 Å². The highest BCUT2D eigenvalue weighted by Gasteiger charge is 2.24. The number of amides is 1. The number of ether oxygens (including phenoxy) is 1. The number of nitrogens with zero attached hydrogens (tertiary/aromatic N) is 1. The zero-order valence-electron chi connectivity index (χ0n) is 14.8. The Morgan fingerprint density at radius 2 is 1.96 bits per heavy atom. The number of halogens is 1. The fraction of sp³-hybridized carbons (Fsp3) is 0.389. The number of aromatic nitrogens is 1. The molecule has 0 saturated heterocycles. The standard InChI is InChI=1S/C18H21FN2O4S/c1-10(2)8-14(18(23)24)21-17(22)16-11(3)20-15(26-16)9-25-13-6-4-12(19)5-7-13/h4-7,10,14H,8-9H2,1-3H3,(H,21,22)(H,23,24)/t14-/m0/s1. The first-order chi connectivity index (χ1) is 12.3. The summed E-state index contributed by atoms with van der Waals surface area (Å²) in [4.78, 5) is 28.3. The van der Waals surface area contributed by atoms with Gasteiger partial charge in [-0.05, 0) is 43.5 Å². The highest BCUT2D eigenvalue weighted by atomic mass is 32.1. The van der Waals surface area contributed by atoms with Crippen molar-refractivity contribution in [2.75, 3.05) is 0 Å². The van der Waals surface area contributed by atoms with Gasteiger partial charge in [-0.1, -0.05) is 13.8 Å². The molecule has 0 aliphatic rings. The molecule has 8 heteroatoms. The van der Waals surface area contributed by atoms with Crippen LogP contribution in [0.1, 0.15) is 40.6 Å². The maximum Gasteiger partial charge on any atom is 0.326 e. The summed E-state index contributed by atoms with van der Waals surface area (Å²) in [7, 11) is 0. The van der Waals surface area contributed by atoms with Crippen LogP contribution >= 0.6 is 11.3 Å². The van der Waals surface area contributed by atoms with Crippen LogP contribution in [0.2, 0.25) is 0 Å². The largest absolute Gasteiger partial charge is 0.486 e. The van der Waals surface area contributed by atoms with E-state index in [0.29, 0.717) is 27.7 Å². The summed E-state index contributed by atoms with van der Waals surface area (Å²) in [6.45, 7) is 5.61. The topological polar surface area (TPSA) is 88.5 Å². The minimum Gasteiger partial charge on any atom is -0.486 e. The van der Waals surface area contributed by atoms with Crippen LogP contribution in [-0.4, -0.2) is 28.0 Å². The van der Waals surface area contributed by atoms with Crippen molar-refractivity contribution in [3.8, 4) is 5.75 Å². The smallest absolute Gasteiger partial charge is 0.326 e. The van der Waals surface area contributed by atoms with Crippen LogP contribution in [0.3, 0.4) is 0 Å². The third-order valence-corrected chi connectivity index (χ3v) is 4.66. The maximum absolute atomic E-state index is 12.9. The van der Waals surface area contributed by atoms with E-state index in [1.807, 2.05) is 13.8 Å². The number of aryl methyl sites for hydroxylation is 1. The van der Waals surface area contributed by atoms with Gasteiger partial charge in [-0.25, -0.2) is 14.2 Å². The number of benzene rings is 1. The van der Waals surface area contributed by atoms with Crippen LogP contribution < -0.4 is 10.1 Å². The average Bonchev–Trinajstić information content (AvgIpc) is 2.94. The second-order valence-corrected chi connectivity index (χ2v) is 7.34. The van der Waals surface area contributed by atoms with Crippen molar-refractivity contribution in [2.45, 2.75) is 39.8 Å². The fourth-order valence-corrected chi connectivity index (χ4v) is 3.20. The minimum atomic E-state index is -1.06. The number of carbonyl (C=O) groups is 2. The Morgan fingerprint density at radius 3 is 2.54 bits per heavy atom. The van der Waals surface area contributed by atoms with Crippen molar-refractivity contribution >= 4 is 23.2 Å². The Kier molecular flexibility index (Phi) is 6.68. The molecule has 26 heavy (non-hydrogen) atoms. The summed E-state index contributed by atoms with van der Waals surface area (Å²) in [5, 5.41) is 12.4. The van der Waals surface area contributed by atoms with Crippen molar-refractivity contribution in [1.29, 1.82) is 0 Å². The predicted molar refractivity (Wildman–Crippen MR) is 95.9 cm³/mol. The Labute approximate surface area is 155 Å². The average molecular weight is 380 g/mol. The molecule has 1 amide bonds. The summed E-state index contributed by atoms with van der Waals surface area (Å²) < 4.78 is 18.4. The van der Waals surface area contributed by atoms with Gasteiger partial charge in [0.25, 0.3) is 5.91 Å². The summed E-state index contributed by atoms with van der Waals surface area (Å²) in [5.74, 6) is -1.24. The second kappa shape index (κ2) is 8.75. The molecule has 0 aliphatic carbocycles. The predicted octanol–water partition coefficient (Wildman–Crippen LogP) is 3.40. The van der Waals surface area contributed by atoms with E-state index in [1.54, 1.807) is 6.92 Å². The molecule has 0 fully saturated rings. The molecule has 0 aliphatic heterocycles. The van der Waals surface area contributed by atoms with Crippen LogP contribution in [0.4, 0.5) is 4.39 Å². The highest BCUT2D eigenvalue weighted by Crippen LogP contribution is 2.21. The van der Waals surface area contributed by atoms with Gasteiger partial charge in [-0.3, -0.25) is 4.79 Å². The number of aliphatic carboxylic acids is 1. The molecule has 1 aromatic carbocycles. The van der Waals surface area contributed by atoms with Crippen LogP contribution in [0.25, 0.3) is 0 Å². The maximum atomic E-state index is 12.9. The van der Waals surface area contributed by atoms with Crippen molar-refractivity contribution < 1.29 is 23.8 Å². The van der Waals surface area contributed by atoms with Gasteiger partial charge in [0, 0.05) is 0 Å². The van der Waals surface area contributed by atoms with E-state index in [2.05, 4.69) is 10.3 Å². The molecular weight excluding hydrogens is 359 g/mol. The molecule has 2 rings (SSSR count). The minimum absolute atomic E-state index is 0.138. The molecule has 0 saturated carbocycles. The number of carboxylic acid groups (broad SMARTS) is 1. The zero-order chi connectivity index (χ0) is 19.3. The summed E-state index contributed by atoms with van der Waals surface area (Å²) in [5.41, 5.74) is 0.513. The Balaban J connectivity index is 2.02. The van der Waals surface area contributed by atoms with Crippen LogP contribution in [0, 0.1) is 18.7 Å². The molecule has 1 atom stereocenters. The van der Waals surface area contributed by atoms with Crippen LogP contribution in [0.5, 0.6) is 5.75 Å². The number of nitrogens with one attached hydrogen (secondary N) is 1. The summed E-state index contributed by atoms with van der Waals surface area (Å²) in [6.07, 6.45) is 0.347. The molecule has 6 nitrogen and oxygen atoms in total. The van der Waals surface area contributed by atoms with E-state index < -0.39 is 17.9 Å². The number of hydrogen-bond donors (Lipinski definition) is 2. The fourth-order valence-electron chi connectivity index (χ4n) is 2.32. The van der Waals surface area contributed by atoms with Crippen LogP contribution in [-0.2, 0) is 11.4 Å². The van der Waals surface area contributed by atoms with E-state index in [9.17, 15) is 19.1 Å². The Hall–Kier alpha value is -2.48. The lowest BCUT2D eigenvalue weighted by atomic mass is 10.0. The molecular formula is C18H21FN2O4S.